The predicted molar refractivity (Wildman–Crippen MR) is 115 cm³/mol. The maximum absolute atomic E-state index is 12.9. The third-order valence-electron chi connectivity index (χ3n) is 4.18. The lowest BCUT2D eigenvalue weighted by molar-refractivity contribution is -0.275. The molecule has 2 aromatic rings. The topological polar surface area (TPSA) is 102 Å². The van der Waals surface area contributed by atoms with Gasteiger partial charge in [0.25, 0.3) is 10.0 Å². The number of ether oxygens (including phenoxy) is 2. The van der Waals surface area contributed by atoms with Crippen molar-refractivity contribution in [1.82, 2.24) is 4.31 Å². The Morgan fingerprint density at radius 2 is 1.62 bits per heavy atom. The van der Waals surface area contributed by atoms with E-state index in [1.165, 1.54) is 25.3 Å². The van der Waals surface area contributed by atoms with E-state index in [2.05, 4.69) is 25.4 Å². The fraction of sp³-hybridized carbons (Fsp3) is 0.333. The molecule has 0 bridgehead atoms. The molecule has 14 heteroatoms. The first-order valence-corrected chi connectivity index (χ1v) is 12.7. The summed E-state index contributed by atoms with van der Waals surface area (Å²) < 4.78 is 102. The Hall–Kier alpha value is -2.03. The Morgan fingerprint density at radius 3 is 2.16 bits per heavy atom. The fourth-order valence-electron chi connectivity index (χ4n) is 2.75. The minimum absolute atomic E-state index is 0.0394. The highest BCUT2D eigenvalue weighted by Crippen LogP contribution is 2.35. The number of hydrogen-bond donors (Lipinski definition) is 1. The third kappa shape index (κ3) is 6.05. The first-order chi connectivity index (χ1) is 14.7. The number of nitrogens with one attached hydrogen (secondary N) is 1. The van der Waals surface area contributed by atoms with E-state index in [-0.39, 0.29) is 33.9 Å². The van der Waals surface area contributed by atoms with Crippen molar-refractivity contribution in [3.05, 3.63) is 40.9 Å². The van der Waals surface area contributed by atoms with Crippen LogP contribution in [0.2, 0.25) is 0 Å². The molecule has 178 valence electrons. The molecule has 0 aliphatic rings. The number of sulfonamides is 2. The Kier molecular flexibility index (Phi) is 8.07. The average molecular weight is 561 g/mol. The Morgan fingerprint density at radius 1 is 1.00 bits per heavy atom. The summed E-state index contributed by atoms with van der Waals surface area (Å²) in [6, 6.07) is 6.49. The molecule has 0 unspecified atom stereocenters. The van der Waals surface area contributed by atoms with Gasteiger partial charge in [-0.25, -0.2) is 16.8 Å². The van der Waals surface area contributed by atoms with E-state index >= 15 is 0 Å². The smallest absolute Gasteiger partial charge is 0.495 e. The van der Waals surface area contributed by atoms with Crippen molar-refractivity contribution in [3.63, 3.8) is 0 Å². The second-order valence-electron chi connectivity index (χ2n) is 6.20. The lowest BCUT2D eigenvalue weighted by atomic mass is 10.3. The molecule has 8 nitrogen and oxygen atoms in total. The number of benzene rings is 2. The summed E-state index contributed by atoms with van der Waals surface area (Å²) >= 11 is 2.96. The van der Waals surface area contributed by atoms with Crippen LogP contribution in [-0.4, -0.2) is 47.7 Å². The van der Waals surface area contributed by atoms with Crippen molar-refractivity contribution in [1.29, 1.82) is 0 Å². The van der Waals surface area contributed by atoms with Crippen molar-refractivity contribution < 1.29 is 39.5 Å². The highest BCUT2D eigenvalue weighted by atomic mass is 79.9. The van der Waals surface area contributed by atoms with Crippen LogP contribution < -0.4 is 14.2 Å². The van der Waals surface area contributed by atoms with Crippen molar-refractivity contribution in [3.8, 4) is 11.5 Å². The van der Waals surface area contributed by atoms with Gasteiger partial charge in [0.2, 0.25) is 10.0 Å². The van der Waals surface area contributed by atoms with Crippen LogP contribution in [0, 0.1) is 0 Å². The van der Waals surface area contributed by atoms with Gasteiger partial charge in [-0.1, -0.05) is 29.8 Å². The molecule has 0 aromatic heterocycles. The molecule has 0 atom stereocenters. The van der Waals surface area contributed by atoms with E-state index in [9.17, 15) is 30.0 Å². The average Bonchev–Trinajstić information content (AvgIpc) is 2.66. The zero-order valence-electron chi connectivity index (χ0n) is 17.1. The molecule has 0 aliphatic carbocycles. The number of halogens is 4. The van der Waals surface area contributed by atoms with Crippen LogP contribution in [0.1, 0.15) is 13.8 Å². The van der Waals surface area contributed by atoms with Crippen LogP contribution in [0.15, 0.2) is 50.7 Å². The number of nitrogens with zero attached hydrogens (tertiary/aromatic N) is 1. The van der Waals surface area contributed by atoms with Crippen LogP contribution in [-0.2, 0) is 20.0 Å². The van der Waals surface area contributed by atoms with Gasteiger partial charge in [0.15, 0.2) is 5.75 Å². The molecule has 0 saturated heterocycles. The minimum atomic E-state index is -5.14. The largest absolute Gasteiger partial charge is 0.573 e. The summed E-state index contributed by atoms with van der Waals surface area (Å²) in [6.07, 6.45) is -5.14. The van der Waals surface area contributed by atoms with E-state index in [1.807, 2.05) is 0 Å². The van der Waals surface area contributed by atoms with E-state index < -0.39 is 37.1 Å². The van der Waals surface area contributed by atoms with Gasteiger partial charge in [-0.3, -0.25) is 4.72 Å². The summed E-state index contributed by atoms with van der Waals surface area (Å²) in [5, 5.41) is 0. The first-order valence-electron chi connectivity index (χ1n) is 9.01. The zero-order valence-corrected chi connectivity index (χ0v) is 20.3. The van der Waals surface area contributed by atoms with E-state index in [1.54, 1.807) is 13.8 Å². The SMILES string of the molecule is CCN(CC)S(=O)(=O)c1ccc(OC)c(NS(=O)(=O)c2ccc(Br)cc2OC(F)(F)F)c1. The number of hydrogen-bond acceptors (Lipinski definition) is 6. The van der Waals surface area contributed by atoms with Crippen LogP contribution in [0.4, 0.5) is 18.9 Å². The van der Waals surface area contributed by atoms with Gasteiger partial charge in [0, 0.05) is 17.6 Å². The van der Waals surface area contributed by atoms with Crippen LogP contribution >= 0.6 is 15.9 Å². The van der Waals surface area contributed by atoms with Crippen molar-refractivity contribution in [2.45, 2.75) is 30.0 Å². The van der Waals surface area contributed by atoms with Crippen molar-refractivity contribution in [2.75, 3.05) is 24.9 Å². The summed E-state index contributed by atoms with van der Waals surface area (Å²) in [5.41, 5.74) is -0.276. The number of methoxy groups -OCH3 is 1. The van der Waals surface area contributed by atoms with Crippen LogP contribution in [0.5, 0.6) is 11.5 Å². The van der Waals surface area contributed by atoms with Crippen molar-refractivity contribution >= 4 is 41.7 Å². The fourth-order valence-corrected chi connectivity index (χ4v) is 5.74. The predicted octanol–water partition coefficient (Wildman–Crippen LogP) is 4.19. The van der Waals surface area contributed by atoms with Gasteiger partial charge < -0.3 is 9.47 Å². The summed E-state index contributed by atoms with van der Waals surface area (Å²) in [6.45, 7) is 3.65. The normalized spacial score (nSPS) is 12.6. The highest BCUT2D eigenvalue weighted by molar-refractivity contribution is 9.10. The molecular formula is C18H20BrF3N2O6S2. The molecule has 32 heavy (non-hydrogen) atoms. The van der Waals surface area contributed by atoms with Crippen molar-refractivity contribution in [2.24, 2.45) is 0 Å². The van der Waals surface area contributed by atoms with Crippen LogP contribution in [0.25, 0.3) is 0 Å². The quantitative estimate of drug-likeness (QED) is 0.493. The lowest BCUT2D eigenvalue weighted by Gasteiger charge is -2.20. The van der Waals surface area contributed by atoms with Gasteiger partial charge in [-0.15, -0.1) is 13.2 Å². The number of alkyl halides is 3. The zero-order chi connectivity index (χ0) is 24.3. The van der Waals surface area contributed by atoms with E-state index in [0.717, 1.165) is 22.5 Å². The summed E-state index contributed by atoms with van der Waals surface area (Å²) in [5.74, 6) is -1.01. The molecule has 0 saturated carbocycles. The second-order valence-corrected chi connectivity index (χ2v) is 10.7. The van der Waals surface area contributed by atoms with Gasteiger partial charge in [-0.2, -0.15) is 4.31 Å². The summed E-state index contributed by atoms with van der Waals surface area (Å²) in [4.78, 5) is -1.03. The number of anilines is 1. The molecule has 0 fully saturated rings. The minimum Gasteiger partial charge on any atom is -0.495 e. The third-order valence-corrected chi connectivity index (χ3v) is 8.12. The molecule has 0 aliphatic heterocycles. The molecular weight excluding hydrogens is 541 g/mol. The molecule has 0 heterocycles. The molecule has 2 rings (SSSR count). The first kappa shape index (κ1) is 26.2. The van der Waals surface area contributed by atoms with Gasteiger partial charge >= 0.3 is 6.36 Å². The van der Waals surface area contributed by atoms with Gasteiger partial charge in [0.1, 0.15) is 10.6 Å². The molecule has 0 amide bonds. The van der Waals surface area contributed by atoms with Gasteiger partial charge in [-0.05, 0) is 36.4 Å². The molecule has 0 spiro atoms. The second kappa shape index (κ2) is 9.85. The maximum Gasteiger partial charge on any atom is 0.573 e. The van der Waals surface area contributed by atoms with Crippen LogP contribution in [0.3, 0.4) is 0 Å². The highest BCUT2D eigenvalue weighted by Gasteiger charge is 2.34. The van der Waals surface area contributed by atoms with Gasteiger partial charge in [0.05, 0.1) is 17.7 Å². The Bertz CT molecular complexity index is 1180. The number of rotatable bonds is 9. The summed E-state index contributed by atoms with van der Waals surface area (Å²) in [7, 11) is -7.36. The Labute approximate surface area is 192 Å². The monoisotopic (exact) mass is 560 g/mol. The molecule has 1 N–H and O–H groups in total. The lowest BCUT2D eigenvalue weighted by Crippen LogP contribution is -2.30. The molecule has 0 radical (unpaired) electrons. The molecule has 2 aromatic carbocycles. The Balaban J connectivity index is 2.57. The maximum atomic E-state index is 12.9. The standard InChI is InChI=1S/C18H20BrF3N2O6S2/c1-4-24(5-2)32(27,28)13-7-8-15(29-3)14(11-13)23-31(25,26)17-9-6-12(19)10-16(17)30-18(20,21)22/h6-11,23H,4-5H2,1-3H3. The van der Waals surface area contributed by atoms with E-state index in [0.29, 0.717) is 0 Å². The van der Waals surface area contributed by atoms with E-state index in [4.69, 9.17) is 4.74 Å².